The topological polar surface area (TPSA) is 12.9 Å². The van der Waals surface area contributed by atoms with Crippen molar-refractivity contribution in [3.8, 4) is 0 Å². The van der Waals surface area contributed by atoms with Crippen LogP contribution in [0.1, 0.15) is 30.7 Å². The van der Waals surface area contributed by atoms with Crippen LogP contribution in [0, 0.1) is 12.8 Å². The Balaban J connectivity index is 1.98. The van der Waals surface area contributed by atoms with Gasteiger partial charge in [-0.2, -0.15) is 0 Å². The summed E-state index contributed by atoms with van der Waals surface area (Å²) in [6.07, 6.45) is 7.78. The summed E-state index contributed by atoms with van der Waals surface area (Å²) in [6, 6.07) is 4.14. The van der Waals surface area contributed by atoms with E-state index in [0.29, 0.717) is 5.92 Å². The highest BCUT2D eigenvalue weighted by Gasteiger charge is 2.23. The lowest BCUT2D eigenvalue weighted by molar-refractivity contribution is 0.659. The maximum absolute atomic E-state index is 4.16. The molecule has 1 fully saturated rings. The highest BCUT2D eigenvalue weighted by molar-refractivity contribution is 5.17. The number of pyridine rings is 1. The first-order valence-electron chi connectivity index (χ1n) is 4.59. The van der Waals surface area contributed by atoms with E-state index in [-0.39, 0.29) is 0 Å². The molecular formula is C11H14N. The molecule has 0 amide bonds. The molecule has 12 heavy (non-hydrogen) atoms. The van der Waals surface area contributed by atoms with E-state index in [9.17, 15) is 0 Å². The highest BCUT2D eigenvalue weighted by atomic mass is 14.6. The fraction of sp³-hybridized carbons (Fsp3) is 0.455. The van der Waals surface area contributed by atoms with Crippen molar-refractivity contribution < 1.29 is 0 Å². The van der Waals surface area contributed by atoms with Crippen molar-refractivity contribution in [1.29, 1.82) is 0 Å². The third-order valence-electron chi connectivity index (χ3n) is 2.49. The monoisotopic (exact) mass is 160 g/mol. The molecule has 1 unspecified atom stereocenters. The van der Waals surface area contributed by atoms with Crippen LogP contribution < -0.4 is 0 Å². The number of rotatable bonds is 3. The summed E-state index contributed by atoms with van der Waals surface area (Å²) in [4.78, 5) is 3.99. The van der Waals surface area contributed by atoms with Gasteiger partial charge in [0.1, 0.15) is 0 Å². The quantitative estimate of drug-likeness (QED) is 0.662. The first kappa shape index (κ1) is 7.78. The fourth-order valence-corrected chi connectivity index (χ4v) is 1.53. The van der Waals surface area contributed by atoms with E-state index in [1.165, 1.54) is 24.8 Å². The molecule has 0 aliphatic heterocycles. The largest absolute Gasteiger partial charge is 0.265 e. The number of hydrogen-bond donors (Lipinski definition) is 0. The van der Waals surface area contributed by atoms with Crippen molar-refractivity contribution in [1.82, 2.24) is 4.98 Å². The average molecular weight is 160 g/mol. The molecule has 1 aliphatic rings. The van der Waals surface area contributed by atoms with Crippen LogP contribution in [0.5, 0.6) is 0 Å². The second-order valence-corrected chi connectivity index (χ2v) is 3.66. The fourth-order valence-electron chi connectivity index (χ4n) is 1.53. The zero-order valence-corrected chi connectivity index (χ0v) is 7.24. The van der Waals surface area contributed by atoms with Crippen molar-refractivity contribution in [2.24, 2.45) is 5.92 Å². The molecular weight excluding hydrogens is 146 g/mol. The van der Waals surface area contributed by atoms with Crippen LogP contribution in [-0.2, 0) is 0 Å². The second-order valence-electron chi connectivity index (χ2n) is 3.66. The number of hydrogen-bond acceptors (Lipinski definition) is 1. The van der Waals surface area contributed by atoms with E-state index < -0.39 is 0 Å². The zero-order chi connectivity index (χ0) is 8.39. The van der Waals surface area contributed by atoms with Gasteiger partial charge in [-0.1, -0.05) is 12.8 Å². The van der Waals surface area contributed by atoms with E-state index in [1.54, 1.807) is 0 Å². The lowest BCUT2D eigenvalue weighted by Gasteiger charge is -2.09. The first-order valence-corrected chi connectivity index (χ1v) is 4.59. The molecule has 1 aromatic rings. The molecule has 0 saturated heterocycles. The van der Waals surface area contributed by atoms with Crippen molar-refractivity contribution in [2.45, 2.75) is 25.2 Å². The first-order chi connectivity index (χ1) is 5.86. The van der Waals surface area contributed by atoms with Crippen LogP contribution in [0.15, 0.2) is 24.5 Å². The Morgan fingerprint density at radius 2 is 2.08 bits per heavy atom. The molecule has 2 rings (SSSR count). The summed E-state index contributed by atoms with van der Waals surface area (Å²) in [5, 5.41) is 0. The van der Waals surface area contributed by atoms with Gasteiger partial charge in [-0.05, 0) is 42.9 Å². The molecule has 1 aliphatic carbocycles. The summed E-state index contributed by atoms with van der Waals surface area (Å²) in [6.45, 7) is 4.16. The Morgan fingerprint density at radius 1 is 1.42 bits per heavy atom. The molecule has 0 aromatic carbocycles. The molecule has 0 bridgehead atoms. The summed E-state index contributed by atoms with van der Waals surface area (Å²) >= 11 is 0. The van der Waals surface area contributed by atoms with Gasteiger partial charge < -0.3 is 0 Å². The van der Waals surface area contributed by atoms with Crippen molar-refractivity contribution in [3.05, 3.63) is 37.0 Å². The third kappa shape index (κ3) is 1.84. The molecule has 0 spiro atoms. The van der Waals surface area contributed by atoms with E-state index in [0.717, 1.165) is 5.92 Å². The Bertz CT molecular complexity index is 238. The SMILES string of the molecule is [CH2]C(CC1CC1)c1ccncc1. The minimum absolute atomic E-state index is 0.473. The molecule has 1 saturated carbocycles. The predicted octanol–water partition coefficient (Wildman–Crippen LogP) is 2.80. The third-order valence-corrected chi connectivity index (χ3v) is 2.49. The standard InChI is InChI=1S/C11H14N/c1-9(8-10-2-3-10)11-4-6-12-7-5-11/h4-7,9-10H,1-3,8H2. The van der Waals surface area contributed by atoms with Gasteiger partial charge in [0.05, 0.1) is 0 Å². The predicted molar refractivity (Wildman–Crippen MR) is 49.7 cm³/mol. The summed E-state index contributed by atoms with van der Waals surface area (Å²) in [7, 11) is 0. The van der Waals surface area contributed by atoms with Gasteiger partial charge in [0.15, 0.2) is 0 Å². The molecule has 1 heteroatoms. The minimum atomic E-state index is 0.473. The van der Waals surface area contributed by atoms with Gasteiger partial charge >= 0.3 is 0 Å². The van der Waals surface area contributed by atoms with Gasteiger partial charge in [-0.15, -0.1) is 0 Å². The number of aromatic nitrogens is 1. The van der Waals surface area contributed by atoms with Crippen LogP contribution in [0.4, 0.5) is 0 Å². The van der Waals surface area contributed by atoms with Gasteiger partial charge in [0.25, 0.3) is 0 Å². The maximum atomic E-state index is 4.16. The molecule has 1 nitrogen and oxygen atoms in total. The van der Waals surface area contributed by atoms with E-state index in [1.807, 2.05) is 12.4 Å². The maximum Gasteiger partial charge on any atom is 0.0270 e. The van der Waals surface area contributed by atoms with Gasteiger partial charge in [0.2, 0.25) is 0 Å². The molecule has 1 radical (unpaired) electrons. The normalized spacial score (nSPS) is 19.1. The zero-order valence-electron chi connectivity index (χ0n) is 7.24. The molecule has 1 heterocycles. The average Bonchev–Trinajstić information content (AvgIpc) is 2.90. The van der Waals surface area contributed by atoms with E-state index in [2.05, 4.69) is 24.0 Å². The Hall–Kier alpha value is -0.850. The highest BCUT2D eigenvalue weighted by Crippen LogP contribution is 2.37. The van der Waals surface area contributed by atoms with Crippen LogP contribution in [0.3, 0.4) is 0 Å². The summed E-state index contributed by atoms with van der Waals surface area (Å²) in [5.74, 6) is 1.43. The summed E-state index contributed by atoms with van der Waals surface area (Å²) in [5.41, 5.74) is 1.33. The van der Waals surface area contributed by atoms with Crippen LogP contribution in [0.25, 0.3) is 0 Å². The lowest BCUT2D eigenvalue weighted by Crippen LogP contribution is -1.94. The van der Waals surface area contributed by atoms with Crippen LogP contribution >= 0.6 is 0 Å². The smallest absolute Gasteiger partial charge is 0.0270 e. The number of nitrogens with zero attached hydrogens (tertiary/aromatic N) is 1. The van der Waals surface area contributed by atoms with E-state index >= 15 is 0 Å². The van der Waals surface area contributed by atoms with Crippen molar-refractivity contribution >= 4 is 0 Å². The Labute approximate surface area is 73.8 Å². The minimum Gasteiger partial charge on any atom is -0.265 e. The van der Waals surface area contributed by atoms with Crippen LogP contribution in [0.2, 0.25) is 0 Å². The summed E-state index contributed by atoms with van der Waals surface area (Å²) < 4.78 is 0. The second kappa shape index (κ2) is 3.26. The Kier molecular flexibility index (Phi) is 2.11. The Morgan fingerprint density at radius 3 is 2.67 bits per heavy atom. The van der Waals surface area contributed by atoms with Crippen molar-refractivity contribution in [2.75, 3.05) is 0 Å². The van der Waals surface area contributed by atoms with Crippen LogP contribution in [-0.4, -0.2) is 4.98 Å². The molecule has 63 valence electrons. The van der Waals surface area contributed by atoms with Crippen molar-refractivity contribution in [3.63, 3.8) is 0 Å². The van der Waals surface area contributed by atoms with Gasteiger partial charge in [0, 0.05) is 12.4 Å². The lowest BCUT2D eigenvalue weighted by atomic mass is 9.97. The van der Waals surface area contributed by atoms with Gasteiger partial charge in [-0.3, -0.25) is 4.98 Å². The molecule has 0 N–H and O–H groups in total. The van der Waals surface area contributed by atoms with E-state index in [4.69, 9.17) is 0 Å². The molecule has 1 atom stereocenters. The van der Waals surface area contributed by atoms with Gasteiger partial charge in [-0.25, -0.2) is 0 Å². The molecule has 1 aromatic heterocycles.